The predicted octanol–water partition coefficient (Wildman–Crippen LogP) is 0.875. The number of nitrogen functional groups attached to an aromatic ring is 1. The summed E-state index contributed by atoms with van der Waals surface area (Å²) in [5.74, 6) is 0.352. The fourth-order valence-corrected chi connectivity index (χ4v) is 2.91. The SMILES string of the molecule is CC(=O)NCc1ncc2n1CC(C)(c1cc(N)ccc1F)N=C2N. The van der Waals surface area contributed by atoms with Crippen LogP contribution in [-0.4, -0.2) is 21.3 Å². The number of aliphatic imine (C=N–C) groups is 1. The van der Waals surface area contributed by atoms with E-state index in [-0.39, 0.29) is 18.3 Å². The Hall–Kier alpha value is -2.90. The molecule has 1 aliphatic heterocycles. The molecule has 126 valence electrons. The fourth-order valence-electron chi connectivity index (χ4n) is 2.91. The van der Waals surface area contributed by atoms with Crippen LogP contribution in [0.4, 0.5) is 10.1 Å². The summed E-state index contributed by atoms with van der Waals surface area (Å²) < 4.78 is 16.2. The second-order valence-corrected chi connectivity index (χ2v) is 6.07. The number of anilines is 1. The number of nitrogens with two attached hydrogens (primary N) is 2. The van der Waals surface area contributed by atoms with Crippen molar-refractivity contribution in [1.29, 1.82) is 0 Å². The third-order valence-corrected chi connectivity index (χ3v) is 4.10. The lowest BCUT2D eigenvalue weighted by molar-refractivity contribution is -0.119. The molecule has 1 aromatic heterocycles. The molecule has 1 aromatic carbocycles. The lowest BCUT2D eigenvalue weighted by atomic mass is 9.90. The number of fused-ring (bicyclic) bond motifs is 1. The van der Waals surface area contributed by atoms with E-state index in [9.17, 15) is 9.18 Å². The Bertz CT molecular complexity index is 843. The molecule has 0 aliphatic carbocycles. The third-order valence-electron chi connectivity index (χ3n) is 4.10. The number of benzene rings is 1. The van der Waals surface area contributed by atoms with E-state index in [2.05, 4.69) is 15.3 Å². The molecule has 1 unspecified atom stereocenters. The molecule has 8 heteroatoms. The highest BCUT2D eigenvalue weighted by Crippen LogP contribution is 2.34. The lowest BCUT2D eigenvalue weighted by Gasteiger charge is -2.32. The van der Waals surface area contributed by atoms with E-state index < -0.39 is 11.4 Å². The van der Waals surface area contributed by atoms with E-state index in [1.165, 1.54) is 19.1 Å². The second-order valence-electron chi connectivity index (χ2n) is 6.07. The standard InChI is InChI=1S/C16H19FN6O/c1-9(24)20-7-14-21-6-13-15(19)22-16(2,8-23(13)14)11-5-10(18)3-4-12(11)17/h3-6H,7-8,18H2,1-2H3,(H2,19,22)(H,20,24). The highest BCUT2D eigenvalue weighted by atomic mass is 19.1. The molecule has 0 radical (unpaired) electrons. The van der Waals surface area contributed by atoms with Gasteiger partial charge in [0.25, 0.3) is 0 Å². The number of amides is 1. The maximum Gasteiger partial charge on any atom is 0.217 e. The molecule has 0 spiro atoms. The number of amidine groups is 1. The van der Waals surface area contributed by atoms with Crippen molar-refractivity contribution >= 4 is 17.4 Å². The maximum absolute atomic E-state index is 14.3. The van der Waals surface area contributed by atoms with Crippen LogP contribution in [0.2, 0.25) is 0 Å². The number of nitrogens with one attached hydrogen (secondary N) is 1. The number of halogens is 1. The van der Waals surface area contributed by atoms with Gasteiger partial charge in [0.15, 0.2) is 0 Å². The van der Waals surface area contributed by atoms with Crippen molar-refractivity contribution in [2.75, 3.05) is 5.73 Å². The first-order chi connectivity index (χ1) is 11.3. The van der Waals surface area contributed by atoms with Crippen molar-refractivity contribution in [2.45, 2.75) is 32.5 Å². The number of imidazole rings is 1. The predicted molar refractivity (Wildman–Crippen MR) is 88.6 cm³/mol. The minimum absolute atomic E-state index is 0.158. The van der Waals surface area contributed by atoms with E-state index >= 15 is 0 Å². The highest BCUT2D eigenvalue weighted by molar-refractivity contribution is 5.96. The van der Waals surface area contributed by atoms with Gasteiger partial charge < -0.3 is 21.4 Å². The van der Waals surface area contributed by atoms with Crippen LogP contribution in [0.3, 0.4) is 0 Å². The van der Waals surface area contributed by atoms with Gasteiger partial charge in [0.05, 0.1) is 19.3 Å². The Morgan fingerprint density at radius 3 is 2.92 bits per heavy atom. The topological polar surface area (TPSA) is 111 Å². The first-order valence-electron chi connectivity index (χ1n) is 7.50. The number of carbonyl (C=O) groups is 1. The van der Waals surface area contributed by atoms with Crippen molar-refractivity contribution in [2.24, 2.45) is 10.7 Å². The van der Waals surface area contributed by atoms with Crippen LogP contribution < -0.4 is 16.8 Å². The lowest BCUT2D eigenvalue weighted by Crippen LogP contribution is -2.38. The van der Waals surface area contributed by atoms with E-state index in [0.29, 0.717) is 29.3 Å². The van der Waals surface area contributed by atoms with E-state index in [1.807, 2.05) is 4.57 Å². The van der Waals surface area contributed by atoms with Gasteiger partial charge in [0.2, 0.25) is 5.91 Å². The molecule has 0 saturated carbocycles. The van der Waals surface area contributed by atoms with Crippen LogP contribution >= 0.6 is 0 Å². The zero-order valence-corrected chi connectivity index (χ0v) is 13.5. The molecule has 3 rings (SSSR count). The van der Waals surface area contributed by atoms with Crippen molar-refractivity contribution in [3.05, 3.63) is 47.3 Å². The third kappa shape index (κ3) is 2.70. The summed E-state index contributed by atoms with van der Waals surface area (Å²) in [6, 6.07) is 4.40. The van der Waals surface area contributed by atoms with Gasteiger partial charge in [0, 0.05) is 18.2 Å². The number of hydrogen-bond acceptors (Lipinski definition) is 5. The summed E-state index contributed by atoms with van der Waals surface area (Å²) in [4.78, 5) is 19.9. The van der Waals surface area contributed by atoms with Crippen LogP contribution in [-0.2, 0) is 23.4 Å². The van der Waals surface area contributed by atoms with Gasteiger partial charge in [-0.25, -0.2) is 9.37 Å². The van der Waals surface area contributed by atoms with Crippen molar-refractivity contribution < 1.29 is 9.18 Å². The van der Waals surface area contributed by atoms with Crippen molar-refractivity contribution in [3.8, 4) is 0 Å². The molecular formula is C16H19FN6O. The van der Waals surface area contributed by atoms with Crippen LogP contribution in [0.15, 0.2) is 29.4 Å². The molecule has 0 bridgehead atoms. The normalized spacial score (nSPS) is 19.5. The minimum Gasteiger partial charge on any atom is -0.399 e. The van der Waals surface area contributed by atoms with Gasteiger partial charge in [-0.3, -0.25) is 9.79 Å². The molecule has 7 nitrogen and oxygen atoms in total. The van der Waals surface area contributed by atoms with Gasteiger partial charge in [-0.1, -0.05) is 0 Å². The second kappa shape index (κ2) is 5.63. The summed E-state index contributed by atoms with van der Waals surface area (Å²) in [5, 5.41) is 2.70. The summed E-state index contributed by atoms with van der Waals surface area (Å²) in [5.41, 5.74) is 12.4. The van der Waals surface area contributed by atoms with E-state index in [1.54, 1.807) is 19.2 Å². The van der Waals surface area contributed by atoms with Crippen molar-refractivity contribution in [1.82, 2.24) is 14.9 Å². The van der Waals surface area contributed by atoms with Crippen molar-refractivity contribution in [3.63, 3.8) is 0 Å². The Labute approximate surface area is 138 Å². The zero-order chi connectivity index (χ0) is 17.5. The molecule has 5 N–H and O–H groups in total. The molecule has 2 heterocycles. The molecule has 1 aliphatic rings. The van der Waals surface area contributed by atoms with Gasteiger partial charge >= 0.3 is 0 Å². The van der Waals surface area contributed by atoms with Gasteiger partial charge in [-0.05, 0) is 25.1 Å². The Balaban J connectivity index is 2.03. The van der Waals surface area contributed by atoms with E-state index in [4.69, 9.17) is 11.5 Å². The Morgan fingerprint density at radius 2 is 2.21 bits per heavy atom. The van der Waals surface area contributed by atoms with E-state index in [0.717, 1.165) is 0 Å². The highest BCUT2D eigenvalue weighted by Gasteiger charge is 2.35. The number of carbonyl (C=O) groups excluding carboxylic acids is 1. The monoisotopic (exact) mass is 330 g/mol. The number of hydrogen-bond donors (Lipinski definition) is 3. The number of nitrogens with zero attached hydrogens (tertiary/aromatic N) is 3. The summed E-state index contributed by atoms with van der Waals surface area (Å²) in [7, 11) is 0. The molecule has 2 aromatic rings. The van der Waals surface area contributed by atoms with Crippen LogP contribution in [0.1, 0.15) is 30.9 Å². The molecule has 1 amide bonds. The summed E-state index contributed by atoms with van der Waals surface area (Å²) in [6.07, 6.45) is 1.60. The van der Waals surface area contributed by atoms with Crippen LogP contribution in [0, 0.1) is 5.82 Å². The fraction of sp³-hybridized carbons (Fsp3) is 0.312. The van der Waals surface area contributed by atoms with Gasteiger partial charge in [-0.15, -0.1) is 0 Å². The summed E-state index contributed by atoms with van der Waals surface area (Å²) in [6.45, 7) is 3.83. The number of rotatable bonds is 3. The maximum atomic E-state index is 14.3. The number of aromatic nitrogens is 2. The molecular weight excluding hydrogens is 311 g/mol. The van der Waals surface area contributed by atoms with Crippen LogP contribution in [0.5, 0.6) is 0 Å². The zero-order valence-electron chi connectivity index (χ0n) is 13.5. The Kier molecular flexibility index (Phi) is 3.75. The molecule has 24 heavy (non-hydrogen) atoms. The molecule has 0 saturated heterocycles. The summed E-state index contributed by atoms with van der Waals surface area (Å²) >= 11 is 0. The molecule has 1 atom stereocenters. The van der Waals surface area contributed by atoms with Gasteiger partial charge in [-0.2, -0.15) is 0 Å². The minimum atomic E-state index is -0.914. The first kappa shape index (κ1) is 16.0. The Morgan fingerprint density at radius 1 is 1.46 bits per heavy atom. The quantitative estimate of drug-likeness (QED) is 0.725. The average Bonchev–Trinajstić information content (AvgIpc) is 2.90. The molecule has 0 fully saturated rings. The first-order valence-corrected chi connectivity index (χ1v) is 7.50. The average molecular weight is 330 g/mol. The smallest absolute Gasteiger partial charge is 0.217 e. The van der Waals surface area contributed by atoms with Gasteiger partial charge in [0.1, 0.15) is 28.7 Å². The largest absolute Gasteiger partial charge is 0.399 e. The van der Waals surface area contributed by atoms with Crippen LogP contribution in [0.25, 0.3) is 0 Å².